The number of carbonyl (C=O) groups excluding carboxylic acids is 1. The normalized spacial score (nSPS) is 11.0. The highest BCUT2D eigenvalue weighted by molar-refractivity contribution is 7.21. The molecule has 7 nitrogen and oxygen atoms in total. The van der Waals surface area contributed by atoms with Gasteiger partial charge in [0.15, 0.2) is 5.13 Å². The molecule has 3 aromatic rings. The van der Waals surface area contributed by atoms with Crippen LogP contribution in [-0.4, -0.2) is 21.7 Å². The van der Waals surface area contributed by atoms with Crippen molar-refractivity contribution in [2.45, 2.75) is 26.4 Å². The summed E-state index contributed by atoms with van der Waals surface area (Å²) >= 11 is 1.23. The summed E-state index contributed by atoms with van der Waals surface area (Å²) in [5.74, 6) is 0.974. The number of aromatic nitrogens is 2. The van der Waals surface area contributed by atoms with Gasteiger partial charge < -0.3 is 9.47 Å². The Morgan fingerprint density at radius 1 is 1.15 bits per heavy atom. The summed E-state index contributed by atoms with van der Waals surface area (Å²) in [5, 5.41) is 11.8. The Kier molecular flexibility index (Phi) is 4.73. The average Bonchev–Trinajstić information content (AvgIpc) is 2.95. The number of pyridine rings is 1. The second-order valence-electron chi connectivity index (χ2n) is 6.36. The third kappa shape index (κ3) is 4.46. The van der Waals surface area contributed by atoms with Gasteiger partial charge in [0.2, 0.25) is 5.88 Å². The zero-order valence-electron chi connectivity index (χ0n) is 14.4. The smallest absolute Gasteiger partial charge is 0.413 e. The Bertz CT molecular complexity index is 984. The molecule has 0 spiro atoms. The number of nitrogens with one attached hydrogen (secondary N) is 1. The topological polar surface area (TPSA) is 97.1 Å². The number of fused-ring (bicyclic) bond motifs is 1. The van der Waals surface area contributed by atoms with E-state index in [0.29, 0.717) is 32.7 Å². The lowest BCUT2D eigenvalue weighted by atomic mass is 10.2. The number of amides is 1. The first-order chi connectivity index (χ1) is 12.3. The maximum atomic E-state index is 11.8. The van der Waals surface area contributed by atoms with Crippen LogP contribution in [0.5, 0.6) is 11.6 Å². The van der Waals surface area contributed by atoms with Gasteiger partial charge in [-0.3, -0.25) is 5.32 Å². The van der Waals surface area contributed by atoms with Crippen molar-refractivity contribution >= 4 is 32.9 Å². The van der Waals surface area contributed by atoms with Crippen molar-refractivity contribution in [2.75, 3.05) is 5.32 Å². The van der Waals surface area contributed by atoms with Crippen LogP contribution in [0.2, 0.25) is 0 Å². The van der Waals surface area contributed by atoms with E-state index in [4.69, 9.17) is 14.7 Å². The van der Waals surface area contributed by atoms with Crippen LogP contribution in [0.25, 0.3) is 10.3 Å². The van der Waals surface area contributed by atoms with Crippen molar-refractivity contribution in [3.8, 4) is 17.7 Å². The number of hydrogen-bond acceptors (Lipinski definition) is 7. The Labute approximate surface area is 154 Å². The second-order valence-corrected chi connectivity index (χ2v) is 7.34. The minimum Gasteiger partial charge on any atom is -0.444 e. The Balaban J connectivity index is 1.74. The summed E-state index contributed by atoms with van der Waals surface area (Å²) in [6.45, 7) is 5.37. The van der Waals surface area contributed by atoms with Crippen molar-refractivity contribution in [3.63, 3.8) is 0 Å². The van der Waals surface area contributed by atoms with Crippen molar-refractivity contribution in [1.29, 1.82) is 5.26 Å². The molecule has 0 bridgehead atoms. The van der Waals surface area contributed by atoms with E-state index in [0.717, 1.165) is 0 Å². The van der Waals surface area contributed by atoms with Gasteiger partial charge in [-0.25, -0.2) is 14.8 Å². The van der Waals surface area contributed by atoms with Crippen molar-refractivity contribution in [3.05, 3.63) is 42.0 Å². The van der Waals surface area contributed by atoms with E-state index in [1.54, 1.807) is 57.2 Å². The first-order valence-electron chi connectivity index (χ1n) is 7.78. The maximum Gasteiger partial charge on any atom is 0.413 e. The van der Waals surface area contributed by atoms with Gasteiger partial charge >= 0.3 is 6.09 Å². The molecule has 1 amide bonds. The monoisotopic (exact) mass is 368 g/mol. The lowest BCUT2D eigenvalue weighted by Crippen LogP contribution is -2.27. The number of benzene rings is 1. The number of nitriles is 1. The molecule has 2 aromatic heterocycles. The van der Waals surface area contributed by atoms with Crippen LogP contribution < -0.4 is 10.1 Å². The zero-order valence-corrected chi connectivity index (χ0v) is 15.3. The van der Waals surface area contributed by atoms with Gasteiger partial charge in [-0.2, -0.15) is 5.26 Å². The summed E-state index contributed by atoms with van der Waals surface area (Å²) in [4.78, 5) is 21.2. The van der Waals surface area contributed by atoms with Gasteiger partial charge in [0.25, 0.3) is 0 Å². The predicted octanol–water partition coefficient (Wildman–Crippen LogP) is 4.70. The molecule has 1 aromatic carbocycles. The van der Waals surface area contributed by atoms with Crippen LogP contribution in [0.3, 0.4) is 0 Å². The summed E-state index contributed by atoms with van der Waals surface area (Å²) in [6.07, 6.45) is -0.564. The molecule has 0 saturated heterocycles. The van der Waals surface area contributed by atoms with Gasteiger partial charge in [0.05, 0.1) is 11.6 Å². The highest BCUT2D eigenvalue weighted by Crippen LogP contribution is 2.28. The molecule has 0 aliphatic carbocycles. The van der Waals surface area contributed by atoms with Crippen molar-refractivity contribution in [2.24, 2.45) is 0 Å². The number of nitrogens with zero attached hydrogens (tertiary/aromatic N) is 3. The molecule has 0 saturated carbocycles. The fraction of sp³-hybridized carbons (Fsp3) is 0.222. The highest BCUT2D eigenvalue weighted by Gasteiger charge is 2.18. The van der Waals surface area contributed by atoms with Crippen molar-refractivity contribution < 1.29 is 14.3 Å². The standard InChI is InChI=1S/C18H16N4O3S/c1-18(2,3)25-17(23)22-16-20-13-8-9-14(21-15(13)26-16)24-12-6-4-11(10-19)5-7-12/h4-9H,1-3H3,(H,20,22,23). The third-order valence-corrected chi connectivity index (χ3v) is 3.92. The lowest BCUT2D eigenvalue weighted by molar-refractivity contribution is 0.0636. The van der Waals surface area contributed by atoms with Gasteiger partial charge in [0.1, 0.15) is 21.7 Å². The van der Waals surface area contributed by atoms with E-state index in [-0.39, 0.29) is 0 Å². The van der Waals surface area contributed by atoms with Crippen LogP contribution in [0.15, 0.2) is 36.4 Å². The molecular weight excluding hydrogens is 352 g/mol. The molecule has 0 radical (unpaired) electrons. The zero-order chi connectivity index (χ0) is 18.7. The Morgan fingerprint density at radius 3 is 2.54 bits per heavy atom. The molecular formula is C18H16N4O3S. The first-order valence-corrected chi connectivity index (χ1v) is 8.60. The fourth-order valence-electron chi connectivity index (χ4n) is 2.02. The summed E-state index contributed by atoms with van der Waals surface area (Å²) in [6, 6.07) is 12.2. The van der Waals surface area contributed by atoms with Crippen LogP contribution in [-0.2, 0) is 4.74 Å². The van der Waals surface area contributed by atoms with Crippen LogP contribution >= 0.6 is 11.3 Å². The van der Waals surface area contributed by atoms with Gasteiger partial charge in [-0.05, 0) is 51.1 Å². The van der Waals surface area contributed by atoms with E-state index >= 15 is 0 Å². The lowest BCUT2D eigenvalue weighted by Gasteiger charge is -2.18. The largest absolute Gasteiger partial charge is 0.444 e. The van der Waals surface area contributed by atoms with E-state index in [1.807, 2.05) is 0 Å². The number of thiazole rings is 1. The molecule has 8 heteroatoms. The molecule has 0 aliphatic rings. The van der Waals surface area contributed by atoms with Gasteiger partial charge in [0, 0.05) is 6.07 Å². The Morgan fingerprint density at radius 2 is 1.88 bits per heavy atom. The van der Waals surface area contributed by atoms with E-state index in [2.05, 4.69) is 21.4 Å². The predicted molar refractivity (Wildman–Crippen MR) is 98.5 cm³/mol. The Hall–Kier alpha value is -3.18. The molecule has 1 N–H and O–H groups in total. The number of hydrogen-bond donors (Lipinski definition) is 1. The van der Waals surface area contributed by atoms with Gasteiger partial charge in [-0.1, -0.05) is 11.3 Å². The average molecular weight is 368 g/mol. The number of carbonyl (C=O) groups is 1. The van der Waals surface area contributed by atoms with Crippen LogP contribution in [0.1, 0.15) is 26.3 Å². The molecule has 0 aliphatic heterocycles. The molecule has 0 unspecified atom stereocenters. The number of anilines is 1. The number of rotatable bonds is 3. The quantitative estimate of drug-likeness (QED) is 0.719. The highest BCUT2D eigenvalue weighted by atomic mass is 32.1. The van der Waals surface area contributed by atoms with E-state index in [9.17, 15) is 4.79 Å². The molecule has 26 heavy (non-hydrogen) atoms. The summed E-state index contributed by atoms with van der Waals surface area (Å²) in [5.41, 5.74) is 0.621. The fourth-order valence-corrected chi connectivity index (χ4v) is 2.83. The van der Waals surface area contributed by atoms with E-state index < -0.39 is 11.7 Å². The van der Waals surface area contributed by atoms with E-state index in [1.165, 1.54) is 11.3 Å². The molecule has 0 atom stereocenters. The summed E-state index contributed by atoms with van der Waals surface area (Å²) < 4.78 is 10.9. The van der Waals surface area contributed by atoms with Crippen molar-refractivity contribution in [1.82, 2.24) is 9.97 Å². The maximum absolute atomic E-state index is 11.8. The van der Waals surface area contributed by atoms with Crippen LogP contribution in [0, 0.1) is 11.3 Å². The minimum atomic E-state index is -0.582. The molecule has 2 heterocycles. The molecule has 132 valence electrons. The van der Waals surface area contributed by atoms with Gasteiger partial charge in [-0.15, -0.1) is 0 Å². The SMILES string of the molecule is CC(C)(C)OC(=O)Nc1nc2ccc(Oc3ccc(C#N)cc3)nc2s1. The molecule has 3 rings (SSSR count). The second kappa shape index (κ2) is 6.98. The third-order valence-electron chi connectivity index (χ3n) is 3.04. The summed E-state index contributed by atoms with van der Waals surface area (Å²) in [7, 11) is 0. The first kappa shape index (κ1) is 17.6. The molecule has 0 fully saturated rings. The minimum absolute atomic E-state index is 0.398. The van der Waals surface area contributed by atoms with Crippen LogP contribution in [0.4, 0.5) is 9.93 Å². The number of ether oxygens (including phenoxy) is 2.